The summed E-state index contributed by atoms with van der Waals surface area (Å²) in [6.45, 7) is 3.21. The number of pyridine rings is 4. The van der Waals surface area contributed by atoms with Gasteiger partial charge in [0.05, 0.1) is 42.9 Å². The lowest BCUT2D eigenvalue weighted by atomic mass is 10.0. The minimum atomic E-state index is -0.617. The van der Waals surface area contributed by atoms with Gasteiger partial charge >= 0.3 is 0 Å². The van der Waals surface area contributed by atoms with Crippen LogP contribution in [0.15, 0.2) is 96.3 Å². The van der Waals surface area contributed by atoms with Crippen LogP contribution in [0.5, 0.6) is 11.5 Å². The molecule has 0 atom stereocenters. The van der Waals surface area contributed by atoms with E-state index in [1.165, 1.54) is 52.9 Å². The standard InChI is InChI=1S/C33H27FN6O4.CH2O2/c34-22-3-5-23(6-4-22)40-13-1-2-26(33(40)42)32(41)38-31-8-7-25(17-37-31)44-30-9-12-35-29-18-36-28(16-27(29)30)21-10-14-39(15-11-21)24-19-43-20-24;2-1-3/h1-10,12-13,16-18,24H,11,14-15,19-20H2,(H,37,38,41);1H,(H,2,3). The molecule has 47 heavy (non-hydrogen) atoms. The Hall–Kier alpha value is -5.79. The molecule has 2 aliphatic heterocycles. The lowest BCUT2D eigenvalue weighted by Gasteiger charge is -2.38. The summed E-state index contributed by atoms with van der Waals surface area (Å²) in [5, 5.41) is 10.4. The van der Waals surface area contributed by atoms with Gasteiger partial charge in [-0.3, -0.25) is 33.8 Å². The van der Waals surface area contributed by atoms with Crippen LogP contribution < -0.4 is 15.6 Å². The number of amides is 1. The summed E-state index contributed by atoms with van der Waals surface area (Å²) in [6, 6.07) is 16.0. The first-order valence-electron chi connectivity index (χ1n) is 14.7. The van der Waals surface area contributed by atoms with Gasteiger partial charge in [-0.25, -0.2) is 9.37 Å². The highest BCUT2D eigenvalue weighted by molar-refractivity contribution is 6.03. The molecule has 0 bridgehead atoms. The second kappa shape index (κ2) is 14.1. The fourth-order valence-corrected chi connectivity index (χ4v) is 5.27. The van der Waals surface area contributed by atoms with Crippen molar-refractivity contribution in [2.24, 2.45) is 0 Å². The van der Waals surface area contributed by atoms with Crippen molar-refractivity contribution in [2.45, 2.75) is 12.5 Å². The maximum Gasteiger partial charge on any atom is 0.290 e. The summed E-state index contributed by atoms with van der Waals surface area (Å²) in [7, 11) is 0. The van der Waals surface area contributed by atoms with Crippen molar-refractivity contribution in [3.8, 4) is 17.2 Å². The molecule has 0 aliphatic carbocycles. The van der Waals surface area contributed by atoms with Crippen LogP contribution >= 0.6 is 0 Å². The molecule has 1 amide bonds. The van der Waals surface area contributed by atoms with Crippen molar-refractivity contribution in [3.63, 3.8) is 0 Å². The van der Waals surface area contributed by atoms with E-state index in [9.17, 15) is 14.0 Å². The van der Waals surface area contributed by atoms with Crippen molar-refractivity contribution in [1.82, 2.24) is 24.4 Å². The van der Waals surface area contributed by atoms with Crippen LogP contribution in [-0.2, 0) is 9.53 Å². The minimum Gasteiger partial charge on any atom is -0.483 e. The van der Waals surface area contributed by atoms with Crippen LogP contribution in [0.3, 0.4) is 0 Å². The van der Waals surface area contributed by atoms with Gasteiger partial charge in [0, 0.05) is 36.6 Å². The highest BCUT2D eigenvalue weighted by Gasteiger charge is 2.27. The van der Waals surface area contributed by atoms with Crippen LogP contribution in [0.4, 0.5) is 10.2 Å². The number of anilines is 1. The van der Waals surface area contributed by atoms with E-state index in [2.05, 4.69) is 31.2 Å². The summed E-state index contributed by atoms with van der Waals surface area (Å²) >= 11 is 0. The Kier molecular flexibility index (Phi) is 9.36. The first-order valence-corrected chi connectivity index (χ1v) is 14.7. The normalized spacial score (nSPS) is 14.7. The molecule has 1 aromatic carbocycles. The minimum absolute atomic E-state index is 0.0792. The molecule has 0 spiro atoms. The van der Waals surface area contributed by atoms with Crippen LogP contribution in [0.25, 0.3) is 22.2 Å². The molecule has 5 aromatic rings. The molecular weight excluding hydrogens is 607 g/mol. The number of nitrogens with one attached hydrogen (secondary N) is 1. The highest BCUT2D eigenvalue weighted by atomic mass is 19.1. The van der Waals surface area contributed by atoms with Crippen molar-refractivity contribution in [2.75, 3.05) is 31.6 Å². The van der Waals surface area contributed by atoms with Crippen LogP contribution in [-0.4, -0.2) is 74.2 Å². The lowest BCUT2D eigenvalue weighted by Crippen LogP contribution is -2.50. The first kappa shape index (κ1) is 31.2. The molecule has 12 nitrogen and oxygen atoms in total. The number of halogens is 1. The molecule has 6 heterocycles. The molecule has 4 aromatic heterocycles. The molecule has 0 radical (unpaired) electrons. The van der Waals surface area contributed by atoms with Crippen molar-refractivity contribution < 1.29 is 28.6 Å². The molecule has 2 aliphatic rings. The van der Waals surface area contributed by atoms with Gasteiger partial charge in [0.2, 0.25) is 0 Å². The van der Waals surface area contributed by atoms with Gasteiger partial charge in [-0.2, -0.15) is 0 Å². The zero-order chi connectivity index (χ0) is 32.8. The zero-order valence-corrected chi connectivity index (χ0v) is 25.0. The van der Waals surface area contributed by atoms with Gasteiger partial charge in [-0.15, -0.1) is 0 Å². The molecule has 0 unspecified atom stereocenters. The quantitative estimate of drug-likeness (QED) is 0.244. The smallest absolute Gasteiger partial charge is 0.290 e. The molecule has 7 rings (SSSR count). The molecule has 0 saturated carbocycles. The van der Waals surface area contributed by atoms with E-state index in [-0.39, 0.29) is 17.9 Å². The molecule has 2 N–H and O–H groups in total. The third-order valence-corrected chi connectivity index (χ3v) is 7.80. The molecular formula is C34H29FN6O6. The number of rotatable bonds is 7. The molecule has 1 fully saturated rings. The number of nitrogens with zero attached hydrogens (tertiary/aromatic N) is 5. The lowest BCUT2D eigenvalue weighted by molar-refractivity contribution is -0.122. The van der Waals surface area contributed by atoms with Crippen LogP contribution in [0.2, 0.25) is 0 Å². The van der Waals surface area contributed by atoms with Gasteiger partial charge < -0.3 is 19.9 Å². The highest BCUT2D eigenvalue weighted by Crippen LogP contribution is 2.32. The first-order chi connectivity index (χ1) is 22.9. The third kappa shape index (κ3) is 7.06. The van der Waals surface area contributed by atoms with Gasteiger partial charge in [-0.05, 0) is 72.7 Å². The Balaban J connectivity index is 0.00000124. The average Bonchev–Trinajstić information content (AvgIpc) is 3.06. The summed E-state index contributed by atoms with van der Waals surface area (Å²) in [5.41, 5.74) is 2.63. The fraction of sp³-hybridized carbons (Fsp3) is 0.176. The second-order valence-electron chi connectivity index (χ2n) is 10.7. The molecule has 238 valence electrons. The Bertz CT molecular complexity index is 1990. The molecule has 13 heteroatoms. The van der Waals surface area contributed by atoms with E-state index in [0.29, 0.717) is 28.7 Å². The van der Waals surface area contributed by atoms with Crippen molar-refractivity contribution >= 4 is 34.7 Å². The summed E-state index contributed by atoms with van der Waals surface area (Å²) in [5.74, 6) is 0.276. The Morgan fingerprint density at radius 3 is 2.55 bits per heavy atom. The number of hydrogen-bond acceptors (Lipinski definition) is 9. The fourth-order valence-electron chi connectivity index (χ4n) is 5.27. The van der Waals surface area contributed by atoms with E-state index < -0.39 is 17.3 Å². The third-order valence-electron chi connectivity index (χ3n) is 7.80. The van der Waals surface area contributed by atoms with Gasteiger partial charge in [0.25, 0.3) is 17.9 Å². The number of ether oxygens (including phenoxy) is 2. The number of carboxylic acid groups (broad SMARTS) is 1. The second-order valence-corrected chi connectivity index (χ2v) is 10.7. The number of aromatic nitrogens is 4. The number of benzene rings is 1. The monoisotopic (exact) mass is 636 g/mol. The number of carbonyl (C=O) groups is 2. The van der Waals surface area contributed by atoms with Crippen molar-refractivity contribution in [3.05, 3.63) is 119 Å². The summed E-state index contributed by atoms with van der Waals surface area (Å²) in [4.78, 5) is 50.1. The van der Waals surface area contributed by atoms with E-state index in [1.807, 2.05) is 6.07 Å². The summed E-state index contributed by atoms with van der Waals surface area (Å²) in [6.07, 6.45) is 9.58. The van der Waals surface area contributed by atoms with Crippen LogP contribution in [0.1, 0.15) is 22.5 Å². The Morgan fingerprint density at radius 2 is 1.87 bits per heavy atom. The van der Waals surface area contributed by atoms with Crippen molar-refractivity contribution in [1.29, 1.82) is 0 Å². The maximum atomic E-state index is 13.3. The predicted octanol–water partition coefficient (Wildman–Crippen LogP) is 4.55. The van der Waals surface area contributed by atoms with E-state index in [4.69, 9.17) is 19.4 Å². The van der Waals surface area contributed by atoms with Gasteiger partial charge in [-0.1, -0.05) is 6.08 Å². The zero-order valence-electron chi connectivity index (χ0n) is 25.0. The predicted molar refractivity (Wildman–Crippen MR) is 171 cm³/mol. The largest absolute Gasteiger partial charge is 0.483 e. The number of fused-ring (bicyclic) bond motifs is 1. The Morgan fingerprint density at radius 1 is 1.06 bits per heavy atom. The Labute approximate surface area is 267 Å². The topological polar surface area (TPSA) is 149 Å². The molecule has 1 saturated heterocycles. The number of carbonyl (C=O) groups excluding carboxylic acids is 1. The number of hydrogen-bond donors (Lipinski definition) is 2. The van der Waals surface area contributed by atoms with Gasteiger partial charge in [0.15, 0.2) is 0 Å². The van der Waals surface area contributed by atoms with E-state index in [1.54, 1.807) is 36.7 Å². The SMILES string of the molecule is O=C(Nc1ccc(Oc2ccnc3cnc(C4=CCN(C5COC5)CC4)cc23)cn1)c1cccn(-c2ccc(F)cc2)c1=O.O=CO. The maximum absolute atomic E-state index is 13.3. The van der Waals surface area contributed by atoms with Gasteiger partial charge in [0.1, 0.15) is 28.7 Å². The average molecular weight is 637 g/mol. The van der Waals surface area contributed by atoms with Crippen LogP contribution in [0, 0.1) is 5.82 Å². The van der Waals surface area contributed by atoms with E-state index >= 15 is 0 Å². The summed E-state index contributed by atoms with van der Waals surface area (Å²) < 4.78 is 26.1. The van der Waals surface area contributed by atoms with E-state index in [0.717, 1.165) is 43.8 Å².